The molecule has 0 saturated heterocycles. The maximum Gasteiger partial charge on any atom is 0.329 e. The highest BCUT2D eigenvalue weighted by Crippen LogP contribution is 2.25. The predicted octanol–water partition coefficient (Wildman–Crippen LogP) is 3.03. The van der Waals surface area contributed by atoms with Gasteiger partial charge in [-0.05, 0) is 53.6 Å². The molecule has 4 rings (SSSR count). The Morgan fingerprint density at radius 2 is 1.56 bits per heavy atom. The third-order valence-corrected chi connectivity index (χ3v) is 5.85. The number of nitrogens with zero attached hydrogens (tertiary/aromatic N) is 2. The summed E-state index contributed by atoms with van der Waals surface area (Å²) in [6.07, 6.45) is 0. The van der Waals surface area contributed by atoms with Crippen LogP contribution in [0.15, 0.2) is 60.7 Å². The van der Waals surface area contributed by atoms with Gasteiger partial charge in [-0.3, -0.25) is 19.3 Å². The lowest BCUT2D eigenvalue weighted by atomic mass is 10.1. The van der Waals surface area contributed by atoms with Crippen molar-refractivity contribution in [1.29, 1.82) is 0 Å². The van der Waals surface area contributed by atoms with Crippen LogP contribution in [0.2, 0.25) is 0 Å². The van der Waals surface area contributed by atoms with Crippen molar-refractivity contribution in [3.8, 4) is 5.75 Å². The van der Waals surface area contributed by atoms with Crippen molar-refractivity contribution < 1.29 is 28.7 Å². The fourth-order valence-electron chi connectivity index (χ4n) is 3.89. The van der Waals surface area contributed by atoms with E-state index in [9.17, 15) is 19.2 Å². The summed E-state index contributed by atoms with van der Waals surface area (Å²) in [7, 11) is 3.23. The summed E-state index contributed by atoms with van der Waals surface area (Å²) >= 11 is 0. The highest BCUT2D eigenvalue weighted by Gasteiger charge is 2.41. The first-order valence-electron chi connectivity index (χ1n) is 10.7. The average Bonchev–Trinajstić information content (AvgIpc) is 3.11. The summed E-state index contributed by atoms with van der Waals surface area (Å²) in [6.45, 7) is 1.24. The van der Waals surface area contributed by atoms with Gasteiger partial charge in [0.1, 0.15) is 11.8 Å². The number of esters is 1. The topological polar surface area (TPSA) is 93.2 Å². The summed E-state index contributed by atoms with van der Waals surface area (Å²) < 4.78 is 10.4. The minimum absolute atomic E-state index is 0.247. The zero-order valence-corrected chi connectivity index (χ0v) is 19.1. The van der Waals surface area contributed by atoms with Crippen molar-refractivity contribution in [1.82, 2.24) is 9.80 Å². The van der Waals surface area contributed by atoms with E-state index in [1.165, 1.54) is 24.0 Å². The lowest BCUT2D eigenvalue weighted by Crippen LogP contribution is -2.44. The van der Waals surface area contributed by atoms with Gasteiger partial charge >= 0.3 is 5.97 Å². The Hall–Kier alpha value is -4.20. The van der Waals surface area contributed by atoms with Crippen LogP contribution in [0.5, 0.6) is 5.75 Å². The Bertz CT molecular complexity index is 1270. The molecule has 0 N–H and O–H groups in total. The summed E-state index contributed by atoms with van der Waals surface area (Å²) in [4.78, 5) is 52.5. The number of fused-ring (bicyclic) bond motifs is 2. The van der Waals surface area contributed by atoms with Crippen LogP contribution in [-0.4, -0.2) is 60.3 Å². The normalized spacial score (nSPS) is 13.6. The summed E-state index contributed by atoms with van der Waals surface area (Å²) in [6, 6.07) is 16.8. The van der Waals surface area contributed by atoms with E-state index < -0.39 is 36.3 Å². The van der Waals surface area contributed by atoms with E-state index in [1.807, 2.05) is 36.4 Å². The minimum atomic E-state index is -1.15. The molecule has 0 aromatic heterocycles. The Kier molecular flexibility index (Phi) is 6.32. The quantitative estimate of drug-likeness (QED) is 0.398. The monoisotopic (exact) mass is 460 g/mol. The van der Waals surface area contributed by atoms with Crippen molar-refractivity contribution in [2.24, 2.45) is 0 Å². The number of imide groups is 1. The maximum atomic E-state index is 12.5. The Morgan fingerprint density at radius 1 is 0.941 bits per heavy atom. The van der Waals surface area contributed by atoms with E-state index in [0.717, 1.165) is 27.0 Å². The van der Waals surface area contributed by atoms with E-state index in [4.69, 9.17) is 9.47 Å². The van der Waals surface area contributed by atoms with E-state index in [1.54, 1.807) is 26.3 Å². The molecule has 8 heteroatoms. The molecule has 3 aromatic rings. The molecule has 1 aliphatic heterocycles. The van der Waals surface area contributed by atoms with Crippen LogP contribution in [0.25, 0.3) is 10.8 Å². The second-order valence-electron chi connectivity index (χ2n) is 8.11. The van der Waals surface area contributed by atoms with E-state index in [0.29, 0.717) is 6.54 Å². The van der Waals surface area contributed by atoms with E-state index in [-0.39, 0.29) is 11.1 Å². The molecule has 0 saturated carbocycles. The van der Waals surface area contributed by atoms with Gasteiger partial charge in [0, 0.05) is 13.6 Å². The first-order valence-corrected chi connectivity index (χ1v) is 10.7. The maximum absolute atomic E-state index is 12.5. The first-order chi connectivity index (χ1) is 16.3. The molecule has 8 nitrogen and oxygen atoms in total. The Morgan fingerprint density at radius 3 is 2.21 bits per heavy atom. The second-order valence-corrected chi connectivity index (χ2v) is 8.11. The van der Waals surface area contributed by atoms with Crippen LogP contribution in [0.3, 0.4) is 0 Å². The van der Waals surface area contributed by atoms with Gasteiger partial charge in [-0.2, -0.15) is 0 Å². The molecular formula is C26H24N2O6. The number of hydrogen-bond donors (Lipinski definition) is 0. The van der Waals surface area contributed by atoms with Crippen LogP contribution in [0.4, 0.5) is 0 Å². The molecule has 0 bridgehead atoms. The molecule has 1 aliphatic rings. The van der Waals surface area contributed by atoms with Crippen LogP contribution in [0.1, 0.15) is 33.2 Å². The minimum Gasteiger partial charge on any atom is -0.497 e. The Labute approximate surface area is 196 Å². The first kappa shape index (κ1) is 23.0. The highest BCUT2D eigenvalue weighted by molar-refractivity contribution is 6.22. The fraction of sp³-hybridized carbons (Fsp3) is 0.231. The third-order valence-electron chi connectivity index (χ3n) is 5.85. The van der Waals surface area contributed by atoms with Crippen LogP contribution in [0, 0.1) is 0 Å². The lowest BCUT2D eigenvalue weighted by Gasteiger charge is -2.22. The van der Waals surface area contributed by atoms with Gasteiger partial charge < -0.3 is 14.4 Å². The lowest BCUT2D eigenvalue weighted by molar-refractivity contribution is -0.154. The van der Waals surface area contributed by atoms with Gasteiger partial charge in [0.05, 0.1) is 18.2 Å². The molecule has 1 heterocycles. The number of hydrogen-bond acceptors (Lipinski definition) is 6. The Balaban J connectivity index is 1.34. The largest absolute Gasteiger partial charge is 0.497 e. The number of benzene rings is 3. The molecule has 0 fully saturated rings. The zero-order valence-electron chi connectivity index (χ0n) is 19.1. The summed E-state index contributed by atoms with van der Waals surface area (Å²) in [5.74, 6) is -1.57. The molecule has 0 spiro atoms. The molecule has 0 aliphatic carbocycles. The standard InChI is InChI=1S/C26H24N2O6/c1-16(28-24(30)21-6-4-5-7-22(21)25(28)31)26(32)34-15-23(29)27(2)14-17-8-9-19-13-20(33-3)11-10-18(19)12-17/h4-13,16H,14-15H2,1-3H3. The van der Waals surface area contributed by atoms with Crippen molar-refractivity contribution >= 4 is 34.5 Å². The number of carbonyl (C=O) groups excluding carboxylic acids is 4. The number of amides is 3. The van der Waals surface area contributed by atoms with E-state index in [2.05, 4.69) is 0 Å². The molecule has 3 aromatic carbocycles. The molecule has 3 amide bonds. The molecule has 1 unspecified atom stereocenters. The summed E-state index contributed by atoms with van der Waals surface area (Å²) in [5, 5.41) is 2.04. The van der Waals surface area contributed by atoms with Crippen LogP contribution < -0.4 is 4.74 Å². The molecular weight excluding hydrogens is 436 g/mol. The van der Waals surface area contributed by atoms with Gasteiger partial charge in [-0.1, -0.05) is 30.3 Å². The van der Waals surface area contributed by atoms with Crippen molar-refractivity contribution in [2.45, 2.75) is 19.5 Å². The number of carbonyl (C=O) groups is 4. The van der Waals surface area contributed by atoms with Gasteiger partial charge in [-0.25, -0.2) is 4.79 Å². The SMILES string of the molecule is COc1ccc2cc(CN(C)C(=O)COC(=O)C(C)N3C(=O)c4ccccc4C3=O)ccc2c1. The van der Waals surface area contributed by atoms with Crippen molar-refractivity contribution in [3.63, 3.8) is 0 Å². The van der Waals surface area contributed by atoms with Gasteiger partial charge in [-0.15, -0.1) is 0 Å². The van der Waals surface area contributed by atoms with Crippen LogP contribution >= 0.6 is 0 Å². The molecule has 174 valence electrons. The number of ether oxygens (including phenoxy) is 2. The fourth-order valence-corrected chi connectivity index (χ4v) is 3.89. The molecule has 34 heavy (non-hydrogen) atoms. The van der Waals surface area contributed by atoms with Crippen LogP contribution in [-0.2, 0) is 20.9 Å². The van der Waals surface area contributed by atoms with Crippen molar-refractivity contribution in [2.75, 3.05) is 20.8 Å². The van der Waals surface area contributed by atoms with E-state index >= 15 is 0 Å². The average molecular weight is 460 g/mol. The zero-order chi connectivity index (χ0) is 24.4. The number of likely N-dealkylation sites (N-methyl/N-ethyl adjacent to an activating group) is 1. The third kappa shape index (κ3) is 4.34. The number of rotatable bonds is 7. The second kappa shape index (κ2) is 9.35. The molecule has 0 radical (unpaired) electrons. The smallest absolute Gasteiger partial charge is 0.329 e. The highest BCUT2D eigenvalue weighted by atomic mass is 16.5. The van der Waals surface area contributed by atoms with Gasteiger partial charge in [0.2, 0.25) is 0 Å². The molecule has 1 atom stereocenters. The van der Waals surface area contributed by atoms with Gasteiger partial charge in [0.15, 0.2) is 6.61 Å². The summed E-state index contributed by atoms with van der Waals surface area (Å²) in [5.41, 5.74) is 1.41. The number of methoxy groups -OCH3 is 1. The van der Waals surface area contributed by atoms with Gasteiger partial charge in [0.25, 0.3) is 17.7 Å². The van der Waals surface area contributed by atoms with Crippen molar-refractivity contribution in [3.05, 3.63) is 77.4 Å². The predicted molar refractivity (Wildman–Crippen MR) is 124 cm³/mol.